The van der Waals surface area contributed by atoms with E-state index < -0.39 is 11.5 Å². The van der Waals surface area contributed by atoms with Crippen LogP contribution in [0.4, 0.5) is 10.1 Å². The Morgan fingerprint density at radius 3 is 2.38 bits per heavy atom. The second-order valence-corrected chi connectivity index (χ2v) is 8.74. The Balaban J connectivity index is 1.57. The van der Waals surface area contributed by atoms with Crippen molar-refractivity contribution < 1.29 is 23.1 Å². The number of ether oxygens (including phenoxy) is 1. The van der Waals surface area contributed by atoms with Crippen LogP contribution in [0.15, 0.2) is 76.1 Å². The molecule has 1 aliphatic rings. The molecule has 0 saturated carbocycles. The molecule has 9 heteroatoms. The maximum atomic E-state index is 13.8. The number of rotatable bonds is 6. The fraction of sp³-hybridized carbons (Fsp3) is 0.250. The van der Waals surface area contributed by atoms with Crippen molar-refractivity contribution in [3.8, 4) is 0 Å². The number of fused-ring (bicyclic) bond motifs is 1. The summed E-state index contributed by atoms with van der Waals surface area (Å²) < 4.78 is 25.5. The van der Waals surface area contributed by atoms with Crippen LogP contribution in [0.1, 0.15) is 33.4 Å². The van der Waals surface area contributed by atoms with Gasteiger partial charge >= 0.3 is 5.97 Å². The van der Waals surface area contributed by atoms with Crippen molar-refractivity contribution in [1.29, 1.82) is 0 Å². The number of carbonyl (C=O) groups is 2. The number of piperazine rings is 1. The van der Waals surface area contributed by atoms with E-state index in [1.807, 2.05) is 29.2 Å². The van der Waals surface area contributed by atoms with E-state index in [0.717, 1.165) is 10.9 Å². The zero-order chi connectivity index (χ0) is 25.9. The standard InChI is InChI=1S/C28H26FN3O5/c1-2-36-28(35)24-25(30-13-15-31(16-14-30)26(33)23-8-5-17-37-23)21-6-3-4-7-22(21)32(27(24)34)18-19-9-11-20(29)12-10-19/h3-12,17H,2,13-16,18H2,1H3. The second kappa shape index (κ2) is 10.3. The van der Waals surface area contributed by atoms with E-state index in [2.05, 4.69) is 0 Å². The summed E-state index contributed by atoms with van der Waals surface area (Å²) in [4.78, 5) is 43.4. The third-order valence-electron chi connectivity index (χ3n) is 6.49. The number of para-hydroxylation sites is 1. The number of hydrogen-bond donors (Lipinski definition) is 0. The molecule has 2 aromatic carbocycles. The van der Waals surface area contributed by atoms with Crippen LogP contribution in [0.5, 0.6) is 0 Å². The average Bonchev–Trinajstić information content (AvgIpc) is 3.46. The lowest BCUT2D eigenvalue weighted by atomic mass is 10.0. The summed E-state index contributed by atoms with van der Waals surface area (Å²) in [5.74, 6) is -0.993. The third kappa shape index (κ3) is 4.72. The molecule has 1 saturated heterocycles. The molecule has 1 aliphatic heterocycles. The summed E-state index contributed by atoms with van der Waals surface area (Å²) in [7, 11) is 0. The number of nitrogens with zero attached hydrogens (tertiary/aromatic N) is 3. The van der Waals surface area contributed by atoms with E-state index in [4.69, 9.17) is 9.15 Å². The number of carbonyl (C=O) groups excluding carboxylic acids is 2. The van der Waals surface area contributed by atoms with Gasteiger partial charge in [-0.1, -0.05) is 30.3 Å². The highest BCUT2D eigenvalue weighted by Gasteiger charge is 2.30. The summed E-state index contributed by atoms with van der Waals surface area (Å²) in [5.41, 5.74) is 1.34. The van der Waals surface area contributed by atoms with Gasteiger partial charge in [-0.15, -0.1) is 0 Å². The number of aromatic nitrogens is 1. The van der Waals surface area contributed by atoms with E-state index in [1.54, 1.807) is 36.1 Å². The van der Waals surface area contributed by atoms with Gasteiger partial charge in [-0.3, -0.25) is 9.59 Å². The maximum Gasteiger partial charge on any atom is 0.345 e. The minimum Gasteiger partial charge on any atom is -0.462 e. The van der Waals surface area contributed by atoms with Gasteiger partial charge in [0.05, 0.1) is 30.6 Å². The van der Waals surface area contributed by atoms with Crippen LogP contribution in [0, 0.1) is 5.82 Å². The summed E-state index contributed by atoms with van der Waals surface area (Å²) in [6.45, 7) is 3.61. The Labute approximate surface area is 212 Å². The molecule has 0 bridgehead atoms. The SMILES string of the molecule is CCOC(=O)c1c(N2CCN(C(=O)c3ccco3)CC2)c2ccccc2n(Cc2ccc(F)cc2)c1=O. The fourth-order valence-corrected chi connectivity index (χ4v) is 4.72. The molecule has 0 N–H and O–H groups in total. The van der Waals surface area contributed by atoms with Crippen molar-refractivity contribution in [2.75, 3.05) is 37.7 Å². The van der Waals surface area contributed by atoms with Crippen LogP contribution in [-0.4, -0.2) is 54.1 Å². The van der Waals surface area contributed by atoms with Gasteiger partial charge < -0.3 is 23.5 Å². The quantitative estimate of drug-likeness (QED) is 0.371. The van der Waals surface area contributed by atoms with Gasteiger partial charge in [0.15, 0.2) is 5.76 Å². The summed E-state index contributed by atoms with van der Waals surface area (Å²) >= 11 is 0. The molecule has 3 heterocycles. The highest BCUT2D eigenvalue weighted by atomic mass is 19.1. The van der Waals surface area contributed by atoms with Gasteiger partial charge in [-0.05, 0) is 42.8 Å². The topological polar surface area (TPSA) is 85.0 Å². The summed E-state index contributed by atoms with van der Waals surface area (Å²) in [6, 6.07) is 16.6. The van der Waals surface area contributed by atoms with Gasteiger partial charge in [0, 0.05) is 31.6 Å². The van der Waals surface area contributed by atoms with E-state index in [1.165, 1.54) is 23.0 Å². The van der Waals surface area contributed by atoms with Crippen molar-refractivity contribution >= 4 is 28.5 Å². The Morgan fingerprint density at radius 2 is 1.70 bits per heavy atom. The lowest BCUT2D eigenvalue weighted by Gasteiger charge is -2.37. The summed E-state index contributed by atoms with van der Waals surface area (Å²) in [5, 5.41) is 0.720. The zero-order valence-electron chi connectivity index (χ0n) is 20.4. The van der Waals surface area contributed by atoms with Crippen LogP contribution in [0.2, 0.25) is 0 Å². The van der Waals surface area contributed by atoms with Crippen molar-refractivity contribution in [3.05, 3.63) is 100.0 Å². The van der Waals surface area contributed by atoms with Gasteiger partial charge in [0.1, 0.15) is 11.4 Å². The number of benzene rings is 2. The van der Waals surface area contributed by atoms with Gasteiger partial charge in [-0.25, -0.2) is 9.18 Å². The first kappa shape index (κ1) is 24.3. The van der Waals surface area contributed by atoms with Crippen molar-refractivity contribution in [2.24, 2.45) is 0 Å². The van der Waals surface area contributed by atoms with E-state index in [-0.39, 0.29) is 36.2 Å². The number of pyridine rings is 1. The molecule has 0 radical (unpaired) electrons. The average molecular weight is 504 g/mol. The normalized spacial score (nSPS) is 13.7. The number of halogens is 1. The fourth-order valence-electron chi connectivity index (χ4n) is 4.72. The largest absolute Gasteiger partial charge is 0.462 e. The van der Waals surface area contributed by atoms with Crippen molar-refractivity contribution in [1.82, 2.24) is 9.47 Å². The number of amides is 1. The molecule has 1 amide bonds. The van der Waals surface area contributed by atoms with Crippen LogP contribution < -0.4 is 10.5 Å². The van der Waals surface area contributed by atoms with Crippen LogP contribution in [0.25, 0.3) is 10.9 Å². The monoisotopic (exact) mass is 503 g/mol. The Bertz CT molecular complexity index is 1490. The number of hydrogen-bond acceptors (Lipinski definition) is 6. The lowest BCUT2D eigenvalue weighted by Crippen LogP contribution is -2.49. The first-order valence-corrected chi connectivity index (χ1v) is 12.1. The van der Waals surface area contributed by atoms with Crippen LogP contribution >= 0.6 is 0 Å². The zero-order valence-corrected chi connectivity index (χ0v) is 20.4. The summed E-state index contributed by atoms with van der Waals surface area (Å²) in [6.07, 6.45) is 1.46. The van der Waals surface area contributed by atoms with E-state index >= 15 is 0 Å². The maximum absolute atomic E-state index is 13.8. The van der Waals surface area contributed by atoms with E-state index in [9.17, 15) is 18.8 Å². The smallest absolute Gasteiger partial charge is 0.345 e. The Hall–Kier alpha value is -4.40. The van der Waals surface area contributed by atoms with Crippen LogP contribution in [0.3, 0.4) is 0 Å². The van der Waals surface area contributed by atoms with Gasteiger partial charge in [0.2, 0.25) is 0 Å². The molecular formula is C28H26FN3O5. The number of furan rings is 1. The first-order valence-electron chi connectivity index (χ1n) is 12.1. The predicted octanol–water partition coefficient (Wildman–Crippen LogP) is 3.92. The lowest BCUT2D eigenvalue weighted by molar-refractivity contribution is 0.0523. The molecule has 5 rings (SSSR count). The highest BCUT2D eigenvalue weighted by molar-refractivity contribution is 6.05. The molecule has 37 heavy (non-hydrogen) atoms. The van der Waals surface area contributed by atoms with Crippen molar-refractivity contribution in [2.45, 2.75) is 13.5 Å². The minimum atomic E-state index is -0.699. The predicted molar refractivity (Wildman–Crippen MR) is 136 cm³/mol. The van der Waals surface area contributed by atoms with Gasteiger partial charge in [0.25, 0.3) is 11.5 Å². The molecule has 1 fully saturated rings. The number of esters is 1. The third-order valence-corrected chi connectivity index (χ3v) is 6.49. The highest BCUT2D eigenvalue weighted by Crippen LogP contribution is 2.31. The Morgan fingerprint density at radius 1 is 0.973 bits per heavy atom. The molecule has 2 aromatic heterocycles. The van der Waals surface area contributed by atoms with E-state index in [0.29, 0.717) is 37.4 Å². The molecule has 8 nitrogen and oxygen atoms in total. The second-order valence-electron chi connectivity index (χ2n) is 8.74. The minimum absolute atomic E-state index is 0.0477. The van der Waals surface area contributed by atoms with Crippen LogP contribution in [-0.2, 0) is 11.3 Å². The molecule has 0 atom stereocenters. The molecule has 190 valence electrons. The number of anilines is 1. The molecule has 4 aromatic rings. The Kier molecular flexibility index (Phi) is 6.76. The molecule has 0 unspecified atom stereocenters. The van der Waals surface area contributed by atoms with Crippen molar-refractivity contribution in [3.63, 3.8) is 0 Å². The molecule has 0 spiro atoms. The molecular weight excluding hydrogens is 477 g/mol. The first-order chi connectivity index (χ1) is 18.0. The molecule has 0 aliphatic carbocycles. The van der Waals surface area contributed by atoms with Gasteiger partial charge in [-0.2, -0.15) is 0 Å².